The zero-order chi connectivity index (χ0) is 20.4. The molecule has 4 rings (SSSR count). The second-order valence-electron chi connectivity index (χ2n) is 7.21. The Morgan fingerprint density at radius 1 is 1.03 bits per heavy atom. The first-order valence-electron chi connectivity index (χ1n) is 9.56. The van der Waals surface area contributed by atoms with Crippen molar-refractivity contribution in [1.82, 2.24) is 9.47 Å². The van der Waals surface area contributed by atoms with E-state index in [1.54, 1.807) is 6.07 Å². The Hall–Kier alpha value is -2.41. The van der Waals surface area contributed by atoms with E-state index in [2.05, 4.69) is 0 Å². The molecular formula is C22H21F3N2OS. The number of carbonyl (C=O) groups excluding carboxylic acids is 1. The molecule has 2 heterocycles. The Balaban J connectivity index is 1.54. The molecule has 0 unspecified atom stereocenters. The van der Waals surface area contributed by atoms with Gasteiger partial charge in [0.05, 0.1) is 5.56 Å². The van der Waals surface area contributed by atoms with Crippen molar-refractivity contribution in [2.24, 2.45) is 0 Å². The lowest BCUT2D eigenvalue weighted by Crippen LogP contribution is -2.30. The van der Waals surface area contributed by atoms with Crippen LogP contribution in [0, 0.1) is 0 Å². The number of amides is 1. The summed E-state index contributed by atoms with van der Waals surface area (Å²) >= 11 is 1.49. The highest BCUT2D eigenvalue weighted by atomic mass is 32.2. The van der Waals surface area contributed by atoms with Gasteiger partial charge in [0.25, 0.3) is 0 Å². The number of likely N-dealkylation sites (tertiary alicyclic amines) is 1. The molecule has 29 heavy (non-hydrogen) atoms. The quantitative estimate of drug-likeness (QED) is 0.506. The highest BCUT2D eigenvalue weighted by Crippen LogP contribution is 2.34. The number of para-hydroxylation sites is 1. The first-order valence-corrected chi connectivity index (χ1v) is 10.5. The van der Waals surface area contributed by atoms with E-state index < -0.39 is 11.7 Å². The van der Waals surface area contributed by atoms with Crippen molar-refractivity contribution in [1.29, 1.82) is 0 Å². The van der Waals surface area contributed by atoms with Gasteiger partial charge in [-0.3, -0.25) is 4.79 Å². The van der Waals surface area contributed by atoms with Crippen LogP contribution in [0.2, 0.25) is 0 Å². The van der Waals surface area contributed by atoms with E-state index in [0.29, 0.717) is 11.3 Å². The van der Waals surface area contributed by atoms with Gasteiger partial charge in [0.1, 0.15) is 6.54 Å². The minimum atomic E-state index is -4.34. The molecule has 0 saturated carbocycles. The summed E-state index contributed by atoms with van der Waals surface area (Å²) < 4.78 is 40.8. The summed E-state index contributed by atoms with van der Waals surface area (Å²) in [4.78, 5) is 15.4. The minimum absolute atomic E-state index is 0.109. The summed E-state index contributed by atoms with van der Waals surface area (Å²) in [6.45, 7) is 1.91. The van der Waals surface area contributed by atoms with Crippen molar-refractivity contribution in [3.05, 3.63) is 65.9 Å². The van der Waals surface area contributed by atoms with Crippen LogP contribution in [0.3, 0.4) is 0 Å². The molecule has 2 aromatic carbocycles. The van der Waals surface area contributed by atoms with Crippen LogP contribution in [0.25, 0.3) is 10.9 Å². The zero-order valence-corrected chi connectivity index (χ0v) is 16.6. The van der Waals surface area contributed by atoms with Gasteiger partial charge in [-0.05, 0) is 30.5 Å². The number of benzene rings is 2. The van der Waals surface area contributed by atoms with Gasteiger partial charge >= 0.3 is 6.18 Å². The number of thioether (sulfide) groups is 1. The number of hydrogen-bond acceptors (Lipinski definition) is 2. The average molecular weight is 418 g/mol. The Labute approximate surface area is 171 Å². The smallest absolute Gasteiger partial charge is 0.341 e. The first-order chi connectivity index (χ1) is 13.9. The molecule has 1 aromatic heterocycles. The standard InChI is InChI=1S/C22H21F3N2OS/c23-22(24,25)17-7-5-6-16(12-17)15-29-20-13-27(19-9-2-1-8-18(19)20)14-21(28)26-10-3-4-11-26/h1-2,5-9,12-13H,3-4,10-11,14-15H2. The molecule has 1 amide bonds. The molecule has 1 fully saturated rings. The molecule has 7 heteroatoms. The number of alkyl halides is 3. The molecule has 0 N–H and O–H groups in total. The number of aromatic nitrogens is 1. The van der Waals surface area contributed by atoms with Crippen molar-refractivity contribution in [3.63, 3.8) is 0 Å². The van der Waals surface area contributed by atoms with Gasteiger partial charge in [-0.25, -0.2) is 0 Å². The first kappa shape index (κ1) is 19.9. The SMILES string of the molecule is O=C(Cn1cc(SCc2cccc(C(F)(F)F)c2)c2ccccc21)N1CCCC1. The average Bonchev–Trinajstić information content (AvgIpc) is 3.35. The van der Waals surface area contributed by atoms with Crippen LogP contribution in [0.15, 0.2) is 59.6 Å². The maximum absolute atomic E-state index is 12.9. The third-order valence-electron chi connectivity index (χ3n) is 5.17. The molecule has 1 aliphatic rings. The van der Waals surface area contributed by atoms with Gasteiger partial charge in [0, 0.05) is 40.8 Å². The number of nitrogens with zero attached hydrogens (tertiary/aromatic N) is 2. The summed E-state index contributed by atoms with van der Waals surface area (Å²) in [5, 5.41) is 1.01. The van der Waals surface area contributed by atoms with E-state index in [-0.39, 0.29) is 12.5 Å². The second kappa shape index (κ2) is 8.14. The second-order valence-corrected chi connectivity index (χ2v) is 8.23. The molecule has 0 aliphatic carbocycles. The molecule has 0 radical (unpaired) electrons. The van der Waals surface area contributed by atoms with Gasteiger partial charge < -0.3 is 9.47 Å². The van der Waals surface area contributed by atoms with Crippen molar-refractivity contribution >= 4 is 28.6 Å². The lowest BCUT2D eigenvalue weighted by Gasteiger charge is -2.15. The molecule has 1 aliphatic heterocycles. The summed E-state index contributed by atoms with van der Waals surface area (Å²) in [6, 6.07) is 13.3. The summed E-state index contributed by atoms with van der Waals surface area (Å²) in [5.41, 5.74) is 0.954. The molecule has 1 saturated heterocycles. The van der Waals surface area contributed by atoms with E-state index in [0.717, 1.165) is 47.8 Å². The fourth-order valence-electron chi connectivity index (χ4n) is 3.67. The molecule has 152 valence electrons. The third-order valence-corrected chi connectivity index (χ3v) is 6.28. The third kappa shape index (κ3) is 4.45. The van der Waals surface area contributed by atoms with Crippen molar-refractivity contribution < 1.29 is 18.0 Å². The fourth-order valence-corrected chi connectivity index (χ4v) is 4.70. The molecule has 3 aromatic rings. The molecule has 0 bridgehead atoms. The van der Waals surface area contributed by atoms with Crippen LogP contribution in [0.1, 0.15) is 24.0 Å². The van der Waals surface area contributed by atoms with Crippen LogP contribution in [-0.2, 0) is 23.3 Å². The van der Waals surface area contributed by atoms with Gasteiger partial charge in [-0.1, -0.05) is 36.4 Å². The van der Waals surface area contributed by atoms with Crippen molar-refractivity contribution in [3.8, 4) is 0 Å². The predicted octanol–water partition coefficient (Wildman–Crippen LogP) is 5.57. The van der Waals surface area contributed by atoms with Crippen LogP contribution in [0.5, 0.6) is 0 Å². The highest BCUT2D eigenvalue weighted by Gasteiger charge is 2.30. The normalized spacial score (nSPS) is 14.7. The monoisotopic (exact) mass is 418 g/mol. The Morgan fingerprint density at radius 3 is 2.55 bits per heavy atom. The van der Waals surface area contributed by atoms with Crippen LogP contribution in [0.4, 0.5) is 13.2 Å². The maximum Gasteiger partial charge on any atom is 0.416 e. The largest absolute Gasteiger partial charge is 0.416 e. The Kier molecular flexibility index (Phi) is 5.58. The van der Waals surface area contributed by atoms with E-state index >= 15 is 0 Å². The number of hydrogen-bond donors (Lipinski definition) is 0. The van der Waals surface area contributed by atoms with Crippen LogP contribution >= 0.6 is 11.8 Å². The fraction of sp³-hybridized carbons (Fsp3) is 0.318. The van der Waals surface area contributed by atoms with E-state index in [4.69, 9.17) is 0 Å². The summed E-state index contributed by atoms with van der Waals surface area (Å²) in [7, 11) is 0. The van der Waals surface area contributed by atoms with Gasteiger partial charge in [-0.2, -0.15) is 13.2 Å². The Morgan fingerprint density at radius 2 is 1.79 bits per heavy atom. The molecule has 0 spiro atoms. The summed E-state index contributed by atoms with van der Waals surface area (Å²) in [6.07, 6.45) is -0.296. The van der Waals surface area contributed by atoms with Crippen LogP contribution in [-0.4, -0.2) is 28.5 Å². The number of rotatable bonds is 5. The van der Waals surface area contributed by atoms with Gasteiger partial charge in [0.15, 0.2) is 0 Å². The maximum atomic E-state index is 12.9. The topological polar surface area (TPSA) is 25.2 Å². The van der Waals surface area contributed by atoms with Crippen LogP contribution < -0.4 is 0 Å². The molecule has 0 atom stereocenters. The lowest BCUT2D eigenvalue weighted by molar-refractivity contribution is -0.137. The summed E-state index contributed by atoms with van der Waals surface area (Å²) in [5.74, 6) is 0.538. The van der Waals surface area contributed by atoms with E-state index in [9.17, 15) is 18.0 Å². The number of carbonyl (C=O) groups is 1. The predicted molar refractivity (Wildman–Crippen MR) is 109 cm³/mol. The number of halogens is 3. The zero-order valence-electron chi connectivity index (χ0n) is 15.8. The highest BCUT2D eigenvalue weighted by molar-refractivity contribution is 7.98. The van der Waals surface area contributed by atoms with E-state index in [1.165, 1.54) is 23.9 Å². The molecular weight excluding hydrogens is 397 g/mol. The molecule has 3 nitrogen and oxygen atoms in total. The van der Waals surface area contributed by atoms with E-state index in [1.807, 2.05) is 39.9 Å². The van der Waals surface area contributed by atoms with Crippen molar-refractivity contribution in [2.75, 3.05) is 13.1 Å². The number of fused-ring (bicyclic) bond motifs is 1. The van der Waals surface area contributed by atoms with Gasteiger partial charge in [0.2, 0.25) is 5.91 Å². The van der Waals surface area contributed by atoms with Gasteiger partial charge in [-0.15, -0.1) is 11.8 Å². The van der Waals surface area contributed by atoms with Crippen molar-refractivity contribution in [2.45, 2.75) is 36.2 Å². The minimum Gasteiger partial charge on any atom is -0.341 e. The Bertz CT molecular complexity index is 1020. The lowest BCUT2D eigenvalue weighted by atomic mass is 10.1.